The molecule has 0 spiro atoms. The molecule has 25 heavy (non-hydrogen) atoms. The third kappa shape index (κ3) is 4.46. The fourth-order valence-corrected chi connectivity index (χ4v) is 4.24. The molecule has 3 rings (SSSR count). The molecule has 3 N–H and O–H groups in total. The Morgan fingerprint density at radius 1 is 1.24 bits per heavy atom. The van der Waals surface area contributed by atoms with Crippen molar-refractivity contribution in [1.29, 1.82) is 0 Å². The molecule has 1 aliphatic heterocycles. The molecule has 1 amide bonds. The summed E-state index contributed by atoms with van der Waals surface area (Å²) in [6.45, 7) is 8.73. The molecule has 1 saturated heterocycles. The van der Waals surface area contributed by atoms with E-state index in [2.05, 4.69) is 24.1 Å². The molecule has 0 radical (unpaired) electrons. The van der Waals surface area contributed by atoms with Crippen LogP contribution in [0.2, 0.25) is 0 Å². The van der Waals surface area contributed by atoms with Crippen LogP contribution in [0.3, 0.4) is 0 Å². The number of rotatable bonds is 4. The standard InChI is InChI=1S/C20H31N3O2/c1-15-6-5-7-17(16(15)2)21-20(25)14-22-10-12-23(13-11-22)18-8-3-4-9-19(18)24/h3-4,8-9,15-17,24H,5-7,10-14H2,1-2H3,(H,21,25)/p+1/t15-,16+,17+/m0/s1. The van der Waals surface area contributed by atoms with Crippen LogP contribution in [0.5, 0.6) is 5.75 Å². The Balaban J connectivity index is 1.46. The summed E-state index contributed by atoms with van der Waals surface area (Å²) in [6.07, 6.45) is 3.63. The first-order chi connectivity index (χ1) is 12.0. The van der Waals surface area contributed by atoms with Gasteiger partial charge in [0.15, 0.2) is 6.54 Å². The Kier molecular flexibility index (Phi) is 5.84. The Morgan fingerprint density at radius 2 is 1.96 bits per heavy atom. The zero-order valence-corrected chi connectivity index (χ0v) is 15.5. The lowest BCUT2D eigenvalue weighted by atomic mass is 9.78. The summed E-state index contributed by atoms with van der Waals surface area (Å²) in [7, 11) is 0. The summed E-state index contributed by atoms with van der Waals surface area (Å²) in [4.78, 5) is 16.0. The highest BCUT2D eigenvalue weighted by Gasteiger charge is 2.30. The second-order valence-corrected chi connectivity index (χ2v) is 7.84. The van der Waals surface area contributed by atoms with E-state index < -0.39 is 0 Å². The largest absolute Gasteiger partial charge is 0.506 e. The summed E-state index contributed by atoms with van der Waals surface area (Å²) in [5.74, 6) is 1.81. The van der Waals surface area contributed by atoms with Crippen molar-refractivity contribution in [3.63, 3.8) is 0 Å². The van der Waals surface area contributed by atoms with Gasteiger partial charge >= 0.3 is 0 Å². The average molecular weight is 346 g/mol. The second kappa shape index (κ2) is 8.09. The number of anilines is 1. The Labute approximate surface area is 151 Å². The van der Waals surface area contributed by atoms with E-state index >= 15 is 0 Å². The van der Waals surface area contributed by atoms with Crippen LogP contribution in [0.1, 0.15) is 33.1 Å². The van der Waals surface area contributed by atoms with Crippen molar-refractivity contribution in [2.24, 2.45) is 11.8 Å². The van der Waals surface area contributed by atoms with Gasteiger partial charge in [0.2, 0.25) is 0 Å². The number of benzene rings is 1. The molecule has 2 fully saturated rings. The van der Waals surface area contributed by atoms with Gasteiger partial charge in [-0.1, -0.05) is 38.8 Å². The van der Waals surface area contributed by atoms with E-state index in [0.717, 1.165) is 38.3 Å². The maximum absolute atomic E-state index is 12.5. The molecule has 1 aromatic carbocycles. The Bertz CT molecular complexity index is 584. The maximum atomic E-state index is 12.5. The van der Waals surface area contributed by atoms with Crippen molar-refractivity contribution < 1.29 is 14.8 Å². The summed E-state index contributed by atoms with van der Waals surface area (Å²) in [5.41, 5.74) is 0.899. The number of para-hydroxylation sites is 2. The van der Waals surface area contributed by atoms with Gasteiger partial charge < -0.3 is 20.2 Å². The van der Waals surface area contributed by atoms with Gasteiger partial charge in [0.25, 0.3) is 5.91 Å². The second-order valence-electron chi connectivity index (χ2n) is 7.84. The Hall–Kier alpha value is -1.75. The highest BCUT2D eigenvalue weighted by Crippen LogP contribution is 2.29. The van der Waals surface area contributed by atoms with Crippen LogP contribution in [0.15, 0.2) is 24.3 Å². The minimum absolute atomic E-state index is 0.192. The number of carbonyl (C=O) groups is 1. The zero-order valence-electron chi connectivity index (χ0n) is 15.5. The quantitative estimate of drug-likeness (QED) is 0.763. The predicted molar refractivity (Wildman–Crippen MR) is 100.0 cm³/mol. The topological polar surface area (TPSA) is 57.0 Å². The van der Waals surface area contributed by atoms with Crippen molar-refractivity contribution in [2.45, 2.75) is 39.2 Å². The molecule has 1 saturated carbocycles. The van der Waals surface area contributed by atoms with E-state index in [1.165, 1.54) is 17.7 Å². The molecule has 2 aliphatic rings. The van der Waals surface area contributed by atoms with Crippen LogP contribution in [0, 0.1) is 11.8 Å². The first kappa shape index (κ1) is 18.1. The molecule has 1 heterocycles. The molecule has 0 unspecified atom stereocenters. The van der Waals surface area contributed by atoms with Gasteiger partial charge in [-0.05, 0) is 30.4 Å². The van der Waals surface area contributed by atoms with Crippen molar-refractivity contribution in [3.05, 3.63) is 24.3 Å². The van der Waals surface area contributed by atoms with E-state index in [4.69, 9.17) is 0 Å². The lowest BCUT2D eigenvalue weighted by Gasteiger charge is -2.36. The average Bonchev–Trinajstić information content (AvgIpc) is 2.60. The van der Waals surface area contributed by atoms with E-state index in [1.807, 2.05) is 18.2 Å². The first-order valence-electron chi connectivity index (χ1n) is 9.70. The van der Waals surface area contributed by atoms with Gasteiger partial charge in [0.1, 0.15) is 5.75 Å². The first-order valence-corrected chi connectivity index (χ1v) is 9.70. The molecule has 3 atom stereocenters. The van der Waals surface area contributed by atoms with Crippen LogP contribution < -0.4 is 15.1 Å². The lowest BCUT2D eigenvalue weighted by Crippen LogP contribution is -3.16. The summed E-state index contributed by atoms with van der Waals surface area (Å²) < 4.78 is 0. The summed E-state index contributed by atoms with van der Waals surface area (Å²) in [5, 5.41) is 13.3. The van der Waals surface area contributed by atoms with Gasteiger partial charge in [0.05, 0.1) is 31.9 Å². The molecule has 5 nitrogen and oxygen atoms in total. The van der Waals surface area contributed by atoms with Crippen LogP contribution in [0.4, 0.5) is 5.69 Å². The van der Waals surface area contributed by atoms with E-state index in [0.29, 0.717) is 30.2 Å². The number of carbonyl (C=O) groups excluding carboxylic acids is 1. The minimum atomic E-state index is 0.192. The fraction of sp³-hybridized carbons (Fsp3) is 0.650. The van der Waals surface area contributed by atoms with Crippen molar-refractivity contribution >= 4 is 11.6 Å². The van der Waals surface area contributed by atoms with Crippen LogP contribution in [-0.2, 0) is 4.79 Å². The highest BCUT2D eigenvalue weighted by atomic mass is 16.3. The number of aromatic hydroxyl groups is 1. The summed E-state index contributed by atoms with van der Waals surface area (Å²) >= 11 is 0. The third-order valence-electron chi connectivity index (χ3n) is 6.16. The molecular formula is C20H32N3O2+. The molecular weight excluding hydrogens is 314 g/mol. The van der Waals surface area contributed by atoms with Gasteiger partial charge in [0, 0.05) is 6.04 Å². The van der Waals surface area contributed by atoms with E-state index in [9.17, 15) is 9.90 Å². The third-order valence-corrected chi connectivity index (χ3v) is 6.16. The molecule has 0 bridgehead atoms. The van der Waals surface area contributed by atoms with Crippen molar-refractivity contribution in [3.8, 4) is 5.75 Å². The zero-order chi connectivity index (χ0) is 17.8. The van der Waals surface area contributed by atoms with E-state index in [1.54, 1.807) is 6.07 Å². The number of phenolic OH excluding ortho intramolecular Hbond substituents is 1. The number of amides is 1. The van der Waals surface area contributed by atoms with Gasteiger partial charge in [-0.3, -0.25) is 4.79 Å². The molecule has 5 heteroatoms. The van der Waals surface area contributed by atoms with E-state index in [-0.39, 0.29) is 5.91 Å². The minimum Gasteiger partial charge on any atom is -0.506 e. The fourth-order valence-electron chi connectivity index (χ4n) is 4.24. The van der Waals surface area contributed by atoms with Crippen LogP contribution in [0.25, 0.3) is 0 Å². The van der Waals surface area contributed by atoms with Gasteiger partial charge in [-0.25, -0.2) is 0 Å². The lowest BCUT2D eigenvalue weighted by molar-refractivity contribution is -0.892. The molecule has 0 aromatic heterocycles. The van der Waals surface area contributed by atoms with Crippen molar-refractivity contribution in [2.75, 3.05) is 37.6 Å². The maximum Gasteiger partial charge on any atom is 0.275 e. The summed E-state index contributed by atoms with van der Waals surface area (Å²) in [6, 6.07) is 7.83. The number of nitrogens with zero attached hydrogens (tertiary/aromatic N) is 1. The van der Waals surface area contributed by atoms with Crippen LogP contribution >= 0.6 is 0 Å². The number of quaternary nitrogens is 1. The SMILES string of the molecule is C[C@@H]1[C@@H](C)CCC[C@H]1NC(=O)C[NH+]1CCN(c2ccccc2O)CC1. The monoisotopic (exact) mass is 346 g/mol. The van der Waals surface area contributed by atoms with Crippen LogP contribution in [-0.4, -0.2) is 49.8 Å². The van der Waals surface area contributed by atoms with Gasteiger partial charge in [-0.15, -0.1) is 0 Å². The number of piperazine rings is 1. The molecule has 1 aliphatic carbocycles. The number of hydrogen-bond acceptors (Lipinski definition) is 3. The number of nitrogens with one attached hydrogen (secondary N) is 2. The molecule has 1 aromatic rings. The molecule has 138 valence electrons. The predicted octanol–water partition coefficient (Wildman–Crippen LogP) is 1.04. The Morgan fingerprint density at radius 3 is 2.68 bits per heavy atom. The normalized spacial score (nSPS) is 27.9. The van der Waals surface area contributed by atoms with Crippen molar-refractivity contribution in [1.82, 2.24) is 5.32 Å². The highest BCUT2D eigenvalue weighted by molar-refractivity contribution is 5.77. The smallest absolute Gasteiger partial charge is 0.275 e. The number of hydrogen-bond donors (Lipinski definition) is 3. The van der Waals surface area contributed by atoms with Gasteiger partial charge in [-0.2, -0.15) is 0 Å². The number of phenols is 1.